The van der Waals surface area contributed by atoms with Crippen molar-refractivity contribution in [2.24, 2.45) is 0 Å². The number of ether oxygens (including phenoxy) is 1. The van der Waals surface area contributed by atoms with Crippen LogP contribution in [0.5, 0.6) is 5.75 Å². The van der Waals surface area contributed by atoms with Crippen LogP contribution >= 0.6 is 0 Å². The normalized spacial score (nSPS) is 12.2. The Morgan fingerprint density at radius 3 is 2.27 bits per heavy atom. The Balaban J connectivity index is 2.24. The Bertz CT molecular complexity index is 735. The van der Waals surface area contributed by atoms with Crippen molar-refractivity contribution in [2.75, 3.05) is 19.8 Å². The Hall–Kier alpha value is -2.11. The van der Waals surface area contributed by atoms with Gasteiger partial charge in [-0.05, 0) is 37.4 Å². The highest BCUT2D eigenvalue weighted by molar-refractivity contribution is 7.90. The zero-order valence-electron chi connectivity index (χ0n) is 12.6. The first kappa shape index (κ1) is 16.3. The van der Waals surface area contributed by atoms with Crippen molar-refractivity contribution in [3.05, 3.63) is 66.2 Å². The van der Waals surface area contributed by atoms with Crippen molar-refractivity contribution < 1.29 is 13.2 Å². The third kappa shape index (κ3) is 4.44. The van der Waals surface area contributed by atoms with Crippen LogP contribution in [0.1, 0.15) is 5.56 Å². The molecule has 0 heterocycles. The molecule has 0 radical (unpaired) electrons. The number of likely N-dealkylation sites (N-methyl/N-ethyl adjacent to an activating group) is 1. The van der Waals surface area contributed by atoms with Gasteiger partial charge in [-0.1, -0.05) is 30.3 Å². The summed E-state index contributed by atoms with van der Waals surface area (Å²) in [6, 6.07) is 16.2. The van der Waals surface area contributed by atoms with Gasteiger partial charge in [0.1, 0.15) is 11.5 Å². The minimum atomic E-state index is -3.19. The summed E-state index contributed by atoms with van der Waals surface area (Å²) in [5.74, 6) is 1.32. The van der Waals surface area contributed by atoms with E-state index in [1.807, 2.05) is 43.5 Å². The average molecular weight is 317 g/mol. The van der Waals surface area contributed by atoms with Crippen LogP contribution in [0, 0.1) is 0 Å². The smallest absolute Gasteiger partial charge is 0.175 e. The molecule has 2 aromatic rings. The Labute approximate surface area is 131 Å². The lowest BCUT2D eigenvalue weighted by Crippen LogP contribution is -2.07. The van der Waals surface area contributed by atoms with E-state index in [1.54, 1.807) is 24.3 Å². The zero-order chi connectivity index (χ0) is 16.0. The molecule has 5 heteroatoms. The molecule has 0 aliphatic heterocycles. The van der Waals surface area contributed by atoms with E-state index in [0.717, 1.165) is 11.3 Å². The minimum absolute atomic E-state index is 0.278. The Kier molecular flexibility index (Phi) is 5.35. The first-order valence-corrected chi connectivity index (χ1v) is 8.78. The predicted octanol–water partition coefficient (Wildman–Crippen LogP) is 2.73. The molecule has 4 nitrogen and oxygen atoms in total. The molecule has 22 heavy (non-hydrogen) atoms. The molecule has 0 atom stereocenters. The van der Waals surface area contributed by atoms with Gasteiger partial charge in [0.2, 0.25) is 0 Å². The second kappa shape index (κ2) is 7.24. The lowest BCUT2D eigenvalue weighted by atomic mass is 10.2. The van der Waals surface area contributed by atoms with E-state index >= 15 is 0 Å². The zero-order valence-corrected chi connectivity index (χ0v) is 13.4. The molecular formula is C17H19NO3S. The maximum atomic E-state index is 11.5. The maximum Gasteiger partial charge on any atom is 0.175 e. The van der Waals surface area contributed by atoms with Gasteiger partial charge >= 0.3 is 0 Å². The highest BCUT2D eigenvalue weighted by Crippen LogP contribution is 2.22. The van der Waals surface area contributed by atoms with E-state index in [4.69, 9.17) is 4.74 Å². The van der Waals surface area contributed by atoms with Crippen LogP contribution in [0.3, 0.4) is 0 Å². The lowest BCUT2D eigenvalue weighted by molar-refractivity contribution is 0.512. The predicted molar refractivity (Wildman–Crippen MR) is 88.5 cm³/mol. The second-order valence-corrected chi connectivity index (χ2v) is 6.85. The standard InChI is InChI=1S/C17H19NO3S/c1-18-13-12-17(14-6-4-3-5-7-14)21-15-8-10-16(11-9-15)22(2,19)20/h3-12,18H,13H2,1-2H3/b17-12+. The molecule has 2 aromatic carbocycles. The molecule has 0 saturated heterocycles. The topological polar surface area (TPSA) is 55.4 Å². The summed E-state index contributed by atoms with van der Waals surface area (Å²) >= 11 is 0. The average Bonchev–Trinajstić information content (AvgIpc) is 2.52. The van der Waals surface area contributed by atoms with Crippen molar-refractivity contribution in [3.63, 3.8) is 0 Å². The second-order valence-electron chi connectivity index (χ2n) is 4.84. The molecule has 0 spiro atoms. The molecule has 0 saturated carbocycles. The molecule has 0 bridgehead atoms. The summed E-state index contributed by atoms with van der Waals surface area (Å²) < 4.78 is 28.8. The minimum Gasteiger partial charge on any atom is -0.457 e. The fourth-order valence-electron chi connectivity index (χ4n) is 1.90. The Morgan fingerprint density at radius 1 is 1.09 bits per heavy atom. The van der Waals surface area contributed by atoms with E-state index in [9.17, 15) is 8.42 Å². The monoisotopic (exact) mass is 317 g/mol. The van der Waals surface area contributed by atoms with Crippen LogP contribution in [0.25, 0.3) is 5.76 Å². The van der Waals surface area contributed by atoms with E-state index < -0.39 is 9.84 Å². The first-order valence-electron chi connectivity index (χ1n) is 6.89. The van der Waals surface area contributed by atoms with Crippen LogP contribution in [0.2, 0.25) is 0 Å². The number of hydrogen-bond acceptors (Lipinski definition) is 4. The van der Waals surface area contributed by atoms with E-state index in [0.29, 0.717) is 12.3 Å². The number of sulfone groups is 1. The van der Waals surface area contributed by atoms with Crippen LogP contribution in [0.15, 0.2) is 65.6 Å². The van der Waals surface area contributed by atoms with Crippen molar-refractivity contribution in [3.8, 4) is 5.75 Å². The van der Waals surface area contributed by atoms with Crippen LogP contribution < -0.4 is 10.1 Å². The summed E-state index contributed by atoms with van der Waals surface area (Å²) in [5.41, 5.74) is 0.963. The van der Waals surface area contributed by atoms with Gasteiger partial charge in [0.05, 0.1) is 4.90 Å². The number of rotatable bonds is 6. The van der Waals surface area contributed by atoms with Gasteiger partial charge in [-0.25, -0.2) is 8.42 Å². The summed E-state index contributed by atoms with van der Waals surface area (Å²) in [5, 5.41) is 3.05. The third-order valence-electron chi connectivity index (χ3n) is 3.03. The summed E-state index contributed by atoms with van der Waals surface area (Å²) in [7, 11) is -1.33. The summed E-state index contributed by atoms with van der Waals surface area (Å²) in [6.07, 6.45) is 3.13. The highest BCUT2D eigenvalue weighted by Gasteiger charge is 2.08. The molecule has 0 aliphatic rings. The van der Waals surface area contributed by atoms with Gasteiger partial charge in [0.25, 0.3) is 0 Å². The molecular weight excluding hydrogens is 298 g/mol. The molecule has 116 valence electrons. The van der Waals surface area contributed by atoms with Crippen LogP contribution in [0.4, 0.5) is 0 Å². The van der Waals surface area contributed by atoms with Gasteiger partial charge in [0, 0.05) is 18.4 Å². The largest absolute Gasteiger partial charge is 0.457 e. The van der Waals surface area contributed by atoms with Crippen LogP contribution in [-0.2, 0) is 9.84 Å². The third-order valence-corrected chi connectivity index (χ3v) is 4.16. The van der Waals surface area contributed by atoms with Crippen LogP contribution in [-0.4, -0.2) is 28.3 Å². The maximum absolute atomic E-state index is 11.5. The first-order chi connectivity index (χ1) is 10.5. The molecule has 1 N–H and O–H groups in total. The molecule has 0 fully saturated rings. The molecule has 0 aromatic heterocycles. The molecule has 0 amide bonds. The number of nitrogens with one attached hydrogen (secondary N) is 1. The SMILES string of the molecule is CNC/C=C(/Oc1ccc(S(C)(=O)=O)cc1)c1ccccc1. The van der Waals surface area contributed by atoms with E-state index in [1.165, 1.54) is 6.26 Å². The van der Waals surface area contributed by atoms with Crippen molar-refractivity contribution in [2.45, 2.75) is 4.90 Å². The number of hydrogen-bond donors (Lipinski definition) is 1. The van der Waals surface area contributed by atoms with Crippen molar-refractivity contribution >= 4 is 15.6 Å². The van der Waals surface area contributed by atoms with Gasteiger partial charge in [0.15, 0.2) is 9.84 Å². The summed E-state index contributed by atoms with van der Waals surface area (Å²) in [6.45, 7) is 0.672. The van der Waals surface area contributed by atoms with Gasteiger partial charge in [-0.2, -0.15) is 0 Å². The highest BCUT2D eigenvalue weighted by atomic mass is 32.2. The van der Waals surface area contributed by atoms with Crippen molar-refractivity contribution in [1.29, 1.82) is 0 Å². The molecule has 0 aliphatic carbocycles. The Morgan fingerprint density at radius 2 is 1.73 bits per heavy atom. The van der Waals surface area contributed by atoms with Gasteiger partial charge < -0.3 is 10.1 Å². The summed E-state index contributed by atoms with van der Waals surface area (Å²) in [4.78, 5) is 0.278. The van der Waals surface area contributed by atoms with Gasteiger partial charge in [-0.3, -0.25) is 0 Å². The quantitative estimate of drug-likeness (QED) is 0.832. The molecule has 2 rings (SSSR count). The fourth-order valence-corrected chi connectivity index (χ4v) is 2.53. The van der Waals surface area contributed by atoms with Gasteiger partial charge in [-0.15, -0.1) is 0 Å². The van der Waals surface area contributed by atoms with E-state index in [2.05, 4.69) is 5.32 Å². The van der Waals surface area contributed by atoms with E-state index in [-0.39, 0.29) is 4.90 Å². The number of benzene rings is 2. The molecule has 0 unspecified atom stereocenters. The lowest BCUT2D eigenvalue weighted by Gasteiger charge is -2.11. The fraction of sp³-hybridized carbons (Fsp3) is 0.176. The van der Waals surface area contributed by atoms with Crippen molar-refractivity contribution in [1.82, 2.24) is 5.32 Å².